The van der Waals surface area contributed by atoms with E-state index in [0.29, 0.717) is 26.1 Å². The number of carboxylic acids is 1. The van der Waals surface area contributed by atoms with Crippen molar-refractivity contribution >= 4 is 22.6 Å². The van der Waals surface area contributed by atoms with Crippen molar-refractivity contribution in [3.05, 3.63) is 75.6 Å². The van der Waals surface area contributed by atoms with Crippen LogP contribution in [0, 0.1) is 11.6 Å². The predicted molar refractivity (Wildman–Crippen MR) is 108 cm³/mol. The zero-order chi connectivity index (χ0) is 21.3. The van der Waals surface area contributed by atoms with E-state index < -0.39 is 28.6 Å². The minimum absolute atomic E-state index is 0.143. The predicted octanol–water partition coefficient (Wildman–Crippen LogP) is 3.94. The molecule has 0 amide bonds. The van der Waals surface area contributed by atoms with Gasteiger partial charge in [-0.25, -0.2) is 13.6 Å². The van der Waals surface area contributed by atoms with E-state index in [1.165, 1.54) is 6.20 Å². The molecule has 0 atom stereocenters. The van der Waals surface area contributed by atoms with E-state index in [2.05, 4.69) is 5.32 Å². The van der Waals surface area contributed by atoms with Gasteiger partial charge in [-0.05, 0) is 18.4 Å². The third kappa shape index (κ3) is 3.66. The van der Waals surface area contributed by atoms with Crippen molar-refractivity contribution in [2.45, 2.75) is 25.4 Å². The van der Waals surface area contributed by atoms with Gasteiger partial charge in [-0.2, -0.15) is 0 Å². The summed E-state index contributed by atoms with van der Waals surface area (Å²) in [5, 5.41) is 12.2. The number of ether oxygens (including phenoxy) is 1. The lowest BCUT2D eigenvalue weighted by molar-refractivity contribution is 0.0681. The van der Waals surface area contributed by atoms with Gasteiger partial charge in [0.15, 0.2) is 11.6 Å². The van der Waals surface area contributed by atoms with Crippen molar-refractivity contribution in [1.82, 2.24) is 4.57 Å². The first-order valence-electron chi connectivity index (χ1n) is 9.63. The van der Waals surface area contributed by atoms with Crippen molar-refractivity contribution in [2.75, 3.05) is 18.5 Å². The molecule has 2 N–H and O–H groups in total. The second-order valence-corrected chi connectivity index (χ2v) is 7.21. The summed E-state index contributed by atoms with van der Waals surface area (Å²) < 4.78 is 36.2. The number of anilines is 1. The Kier molecular flexibility index (Phi) is 5.50. The van der Waals surface area contributed by atoms with Crippen LogP contribution >= 0.6 is 0 Å². The fourth-order valence-corrected chi connectivity index (χ4v) is 3.82. The molecule has 1 saturated heterocycles. The highest BCUT2D eigenvalue weighted by molar-refractivity contribution is 5.98. The van der Waals surface area contributed by atoms with Crippen molar-refractivity contribution in [3.63, 3.8) is 0 Å². The van der Waals surface area contributed by atoms with Crippen LogP contribution in [0.5, 0.6) is 0 Å². The average molecular weight is 414 g/mol. The number of carbonyl (C=O) groups is 1. The molecule has 1 aromatic heterocycles. The van der Waals surface area contributed by atoms with Gasteiger partial charge in [-0.3, -0.25) is 4.79 Å². The Hall–Kier alpha value is -3.26. The van der Waals surface area contributed by atoms with Gasteiger partial charge >= 0.3 is 5.97 Å². The molecule has 4 rings (SSSR count). The van der Waals surface area contributed by atoms with Gasteiger partial charge < -0.3 is 19.7 Å². The maximum Gasteiger partial charge on any atom is 0.341 e. The molecule has 0 unspecified atom stereocenters. The molecule has 0 bridgehead atoms. The Morgan fingerprint density at radius 2 is 1.90 bits per heavy atom. The van der Waals surface area contributed by atoms with E-state index in [0.717, 1.165) is 11.6 Å². The minimum Gasteiger partial charge on any atom is -0.477 e. The summed E-state index contributed by atoms with van der Waals surface area (Å²) in [6.07, 6.45) is 2.37. The SMILES string of the molecule is O=C(O)c1cn(C2CCOCC2)c2cc(F)c(F)c(NCc3ccccc3)c2c1=O. The van der Waals surface area contributed by atoms with E-state index in [9.17, 15) is 23.5 Å². The summed E-state index contributed by atoms with van der Waals surface area (Å²) in [5.41, 5.74) is -0.708. The van der Waals surface area contributed by atoms with Crippen LogP contribution in [-0.2, 0) is 11.3 Å². The number of benzene rings is 2. The number of pyridine rings is 1. The smallest absolute Gasteiger partial charge is 0.341 e. The van der Waals surface area contributed by atoms with Gasteiger partial charge in [-0.15, -0.1) is 0 Å². The zero-order valence-electron chi connectivity index (χ0n) is 16.0. The van der Waals surface area contributed by atoms with Crippen LogP contribution in [-0.4, -0.2) is 28.9 Å². The van der Waals surface area contributed by atoms with E-state index in [1.807, 2.05) is 6.07 Å². The summed E-state index contributed by atoms with van der Waals surface area (Å²) in [6, 6.07) is 9.81. The summed E-state index contributed by atoms with van der Waals surface area (Å²) in [4.78, 5) is 24.7. The number of carboxylic acid groups (broad SMARTS) is 1. The molecular weight excluding hydrogens is 394 g/mol. The highest BCUT2D eigenvalue weighted by Gasteiger charge is 2.25. The Bertz CT molecular complexity index is 1160. The monoisotopic (exact) mass is 414 g/mol. The first kappa shape index (κ1) is 20.0. The number of hydrogen-bond acceptors (Lipinski definition) is 4. The fourth-order valence-electron chi connectivity index (χ4n) is 3.82. The quantitative estimate of drug-likeness (QED) is 0.661. The summed E-state index contributed by atoms with van der Waals surface area (Å²) in [7, 11) is 0. The Labute approximate surface area is 170 Å². The largest absolute Gasteiger partial charge is 0.477 e. The second-order valence-electron chi connectivity index (χ2n) is 7.21. The fraction of sp³-hybridized carbons (Fsp3) is 0.273. The van der Waals surface area contributed by atoms with Gasteiger partial charge in [0, 0.05) is 38.1 Å². The molecule has 156 valence electrons. The Balaban J connectivity index is 1.93. The normalized spacial score (nSPS) is 14.7. The molecule has 0 spiro atoms. The third-order valence-corrected chi connectivity index (χ3v) is 5.34. The lowest BCUT2D eigenvalue weighted by Gasteiger charge is -2.27. The first-order chi connectivity index (χ1) is 14.5. The summed E-state index contributed by atoms with van der Waals surface area (Å²) in [5.74, 6) is -3.74. The van der Waals surface area contributed by atoms with Crippen LogP contribution in [0.1, 0.15) is 34.8 Å². The molecule has 8 heteroatoms. The van der Waals surface area contributed by atoms with Crippen LogP contribution in [0.15, 0.2) is 47.4 Å². The van der Waals surface area contributed by atoms with E-state index >= 15 is 0 Å². The van der Waals surface area contributed by atoms with Crippen LogP contribution in [0.3, 0.4) is 0 Å². The van der Waals surface area contributed by atoms with Gasteiger partial charge in [0.1, 0.15) is 5.56 Å². The molecule has 2 heterocycles. The van der Waals surface area contributed by atoms with Gasteiger partial charge in [0.25, 0.3) is 0 Å². The second kappa shape index (κ2) is 8.23. The maximum absolute atomic E-state index is 14.8. The van der Waals surface area contributed by atoms with Crippen LogP contribution < -0.4 is 10.7 Å². The molecule has 1 fully saturated rings. The van der Waals surface area contributed by atoms with Gasteiger partial charge in [0.2, 0.25) is 5.43 Å². The van der Waals surface area contributed by atoms with Crippen LogP contribution in [0.25, 0.3) is 10.9 Å². The van der Waals surface area contributed by atoms with E-state index in [4.69, 9.17) is 4.74 Å². The van der Waals surface area contributed by atoms with Crippen molar-refractivity contribution in [1.29, 1.82) is 0 Å². The average Bonchev–Trinajstić information content (AvgIpc) is 2.75. The van der Waals surface area contributed by atoms with Crippen molar-refractivity contribution in [2.24, 2.45) is 0 Å². The standard InChI is InChI=1S/C22H20F2N2O4/c23-16-10-17-18(20(19(16)24)25-11-13-4-2-1-3-5-13)21(27)15(22(28)29)12-26(17)14-6-8-30-9-7-14/h1-5,10,12,14,25H,6-9,11H2,(H,28,29). The number of aromatic nitrogens is 1. The zero-order valence-corrected chi connectivity index (χ0v) is 16.0. The Morgan fingerprint density at radius 3 is 2.57 bits per heavy atom. The molecule has 0 saturated carbocycles. The first-order valence-corrected chi connectivity index (χ1v) is 9.63. The van der Waals surface area contributed by atoms with E-state index in [1.54, 1.807) is 28.8 Å². The topological polar surface area (TPSA) is 80.6 Å². The summed E-state index contributed by atoms with van der Waals surface area (Å²) >= 11 is 0. The number of rotatable bonds is 5. The number of halogens is 2. The van der Waals surface area contributed by atoms with Crippen LogP contribution in [0.4, 0.5) is 14.5 Å². The molecule has 0 radical (unpaired) electrons. The van der Waals surface area contributed by atoms with E-state index in [-0.39, 0.29) is 29.2 Å². The number of aromatic carboxylic acids is 1. The highest BCUT2D eigenvalue weighted by atomic mass is 19.2. The van der Waals surface area contributed by atoms with Crippen molar-refractivity contribution < 1.29 is 23.4 Å². The van der Waals surface area contributed by atoms with Crippen LogP contribution in [0.2, 0.25) is 0 Å². The molecule has 2 aromatic carbocycles. The van der Waals surface area contributed by atoms with Gasteiger partial charge in [-0.1, -0.05) is 30.3 Å². The third-order valence-electron chi connectivity index (χ3n) is 5.34. The number of nitrogens with one attached hydrogen (secondary N) is 1. The Morgan fingerprint density at radius 1 is 1.20 bits per heavy atom. The molecule has 30 heavy (non-hydrogen) atoms. The minimum atomic E-state index is -1.42. The number of nitrogens with zero attached hydrogens (tertiary/aromatic N) is 1. The number of fused-ring (bicyclic) bond motifs is 1. The summed E-state index contributed by atoms with van der Waals surface area (Å²) in [6.45, 7) is 1.07. The van der Waals surface area contributed by atoms with Crippen molar-refractivity contribution in [3.8, 4) is 0 Å². The molecule has 1 aliphatic heterocycles. The highest BCUT2D eigenvalue weighted by Crippen LogP contribution is 2.31. The van der Waals surface area contributed by atoms with Gasteiger partial charge in [0.05, 0.1) is 16.6 Å². The maximum atomic E-state index is 14.8. The molecule has 6 nitrogen and oxygen atoms in total. The molecule has 3 aromatic rings. The molecule has 0 aliphatic carbocycles. The number of hydrogen-bond donors (Lipinski definition) is 2. The lowest BCUT2D eigenvalue weighted by Crippen LogP contribution is -2.26. The lowest BCUT2D eigenvalue weighted by atomic mass is 10.0. The molecular formula is C22H20F2N2O4. The molecule has 1 aliphatic rings.